The van der Waals surface area contributed by atoms with Crippen molar-refractivity contribution in [1.29, 1.82) is 0 Å². The van der Waals surface area contributed by atoms with Crippen LogP contribution in [0, 0.1) is 22.9 Å². The molecule has 0 spiro atoms. The fourth-order valence-electron chi connectivity index (χ4n) is 4.45. The molecule has 0 saturated carbocycles. The van der Waals surface area contributed by atoms with E-state index in [9.17, 15) is 24.1 Å². The van der Waals surface area contributed by atoms with E-state index in [1.165, 1.54) is 40.6 Å². The highest BCUT2D eigenvalue weighted by molar-refractivity contribution is 8.00. The number of aromatic nitrogens is 2. The Morgan fingerprint density at radius 3 is 2.32 bits per heavy atom. The molecule has 2 aromatic carbocycles. The second-order valence-corrected chi connectivity index (χ2v) is 10.4. The van der Waals surface area contributed by atoms with Gasteiger partial charge in [-0.05, 0) is 43.2 Å². The number of aryl methyl sites for hydroxylation is 1. The lowest BCUT2D eigenvalue weighted by Gasteiger charge is -2.37. The number of carbonyl (C=O) groups is 1. The van der Waals surface area contributed by atoms with Gasteiger partial charge in [0.2, 0.25) is 5.91 Å². The number of hydrogen-bond acceptors (Lipinski definition) is 7. The van der Waals surface area contributed by atoms with Gasteiger partial charge in [-0.15, -0.1) is 0 Å². The van der Waals surface area contributed by atoms with Gasteiger partial charge in [-0.2, -0.15) is 0 Å². The van der Waals surface area contributed by atoms with Gasteiger partial charge in [0, 0.05) is 68.7 Å². The minimum absolute atomic E-state index is 0.00291. The molecule has 0 bridgehead atoms. The van der Waals surface area contributed by atoms with E-state index in [-0.39, 0.29) is 28.2 Å². The predicted molar refractivity (Wildman–Crippen MR) is 145 cm³/mol. The van der Waals surface area contributed by atoms with Crippen LogP contribution in [0.2, 0.25) is 0 Å². The molecule has 1 aliphatic rings. The number of nitrogens with zero attached hydrogens (tertiary/aromatic N) is 5. The number of nitro benzene ring substituents is 1. The van der Waals surface area contributed by atoms with E-state index in [4.69, 9.17) is 0 Å². The Kier molecular flexibility index (Phi) is 8.45. The average molecular weight is 540 g/mol. The van der Waals surface area contributed by atoms with Crippen molar-refractivity contribution in [3.05, 3.63) is 91.6 Å². The van der Waals surface area contributed by atoms with E-state index in [0.29, 0.717) is 55.4 Å². The molecule has 1 aliphatic heterocycles. The van der Waals surface area contributed by atoms with Gasteiger partial charge in [-0.25, -0.2) is 9.37 Å². The molecular weight excluding hydrogens is 509 g/mol. The fraction of sp³-hybridized carbons (Fsp3) is 0.370. The molecule has 1 unspecified atom stereocenters. The molecule has 3 aromatic rings. The van der Waals surface area contributed by atoms with E-state index < -0.39 is 4.92 Å². The highest BCUT2D eigenvalue weighted by Crippen LogP contribution is 2.27. The van der Waals surface area contributed by atoms with Gasteiger partial charge in [-0.3, -0.25) is 24.3 Å². The molecule has 1 fully saturated rings. The number of rotatable bonds is 8. The Bertz CT molecular complexity index is 1370. The first-order chi connectivity index (χ1) is 18.2. The first-order valence-electron chi connectivity index (χ1n) is 12.4. The summed E-state index contributed by atoms with van der Waals surface area (Å²) in [5, 5.41) is 11.0. The summed E-state index contributed by atoms with van der Waals surface area (Å²) in [5.41, 5.74) is 2.72. The number of thioether (sulfide) groups is 1. The normalized spacial score (nSPS) is 14.4. The summed E-state index contributed by atoms with van der Waals surface area (Å²) < 4.78 is 14.7. The summed E-state index contributed by atoms with van der Waals surface area (Å²) in [6.45, 7) is 6.04. The predicted octanol–water partition coefficient (Wildman–Crippen LogP) is 3.95. The minimum atomic E-state index is -0.422. The zero-order valence-electron chi connectivity index (χ0n) is 21.6. The number of piperazine rings is 1. The second kappa shape index (κ2) is 11.8. The Morgan fingerprint density at radius 2 is 1.74 bits per heavy atom. The van der Waals surface area contributed by atoms with Gasteiger partial charge < -0.3 is 9.80 Å². The standard InChI is InChI=1S/C27H30FN5O4S/c1-4-24(26(35)32-15-13-31(14-16-32)21-9-11-22(12-10-21)33(36)37)38-27-29-18(2)23(25(34)30(27)3)17-19-5-7-20(28)8-6-19/h5-12,24H,4,13-17H2,1-3H3. The van der Waals surface area contributed by atoms with E-state index >= 15 is 0 Å². The Hall–Kier alpha value is -3.73. The van der Waals surface area contributed by atoms with E-state index in [2.05, 4.69) is 9.88 Å². The largest absolute Gasteiger partial charge is 0.368 e. The van der Waals surface area contributed by atoms with Gasteiger partial charge in [0.25, 0.3) is 11.2 Å². The van der Waals surface area contributed by atoms with E-state index in [1.807, 2.05) is 11.8 Å². The summed E-state index contributed by atoms with van der Waals surface area (Å²) in [6.07, 6.45) is 0.935. The molecule has 200 valence electrons. The molecular formula is C27H30FN5O4S. The average Bonchev–Trinajstić information content (AvgIpc) is 2.93. The van der Waals surface area contributed by atoms with Gasteiger partial charge >= 0.3 is 0 Å². The number of anilines is 1. The molecule has 38 heavy (non-hydrogen) atoms. The van der Waals surface area contributed by atoms with E-state index in [1.54, 1.807) is 38.2 Å². The van der Waals surface area contributed by atoms with Gasteiger partial charge in [0.1, 0.15) is 5.82 Å². The maximum Gasteiger partial charge on any atom is 0.269 e. The Morgan fingerprint density at radius 1 is 1.11 bits per heavy atom. The topological polar surface area (TPSA) is 102 Å². The van der Waals surface area contributed by atoms with Crippen LogP contribution in [0.25, 0.3) is 0 Å². The molecule has 11 heteroatoms. The van der Waals surface area contributed by atoms with Crippen LogP contribution in [0.1, 0.15) is 30.2 Å². The zero-order valence-corrected chi connectivity index (χ0v) is 22.4. The van der Waals surface area contributed by atoms with Crippen LogP contribution in [0.5, 0.6) is 0 Å². The number of non-ortho nitro benzene ring substituents is 1. The molecule has 0 N–H and O–H groups in total. The lowest BCUT2D eigenvalue weighted by Crippen LogP contribution is -2.51. The summed E-state index contributed by atoms with van der Waals surface area (Å²) in [7, 11) is 1.66. The number of nitro groups is 1. The summed E-state index contributed by atoms with van der Waals surface area (Å²) in [5.74, 6) is -0.325. The van der Waals surface area contributed by atoms with Gasteiger partial charge in [0.05, 0.1) is 10.2 Å². The highest BCUT2D eigenvalue weighted by atomic mass is 32.2. The summed E-state index contributed by atoms with van der Waals surface area (Å²) in [6, 6.07) is 12.5. The van der Waals surface area contributed by atoms with Crippen LogP contribution >= 0.6 is 11.8 Å². The lowest BCUT2D eigenvalue weighted by molar-refractivity contribution is -0.384. The molecule has 0 aliphatic carbocycles. The fourth-order valence-corrected chi connectivity index (χ4v) is 5.56. The molecule has 4 rings (SSSR count). The first-order valence-corrected chi connectivity index (χ1v) is 13.3. The van der Waals surface area contributed by atoms with Crippen LogP contribution in [-0.4, -0.2) is 56.7 Å². The van der Waals surface area contributed by atoms with Crippen LogP contribution in [0.4, 0.5) is 15.8 Å². The van der Waals surface area contributed by atoms with E-state index in [0.717, 1.165) is 11.3 Å². The minimum Gasteiger partial charge on any atom is -0.368 e. The number of benzene rings is 2. The maximum absolute atomic E-state index is 13.4. The maximum atomic E-state index is 13.4. The van der Waals surface area contributed by atoms with Crippen LogP contribution < -0.4 is 10.5 Å². The van der Waals surface area contributed by atoms with Gasteiger partial charge in [-0.1, -0.05) is 30.8 Å². The monoisotopic (exact) mass is 539 g/mol. The molecule has 2 heterocycles. The van der Waals surface area contributed by atoms with Crippen LogP contribution in [-0.2, 0) is 18.3 Å². The molecule has 1 atom stereocenters. The number of hydrogen-bond donors (Lipinski definition) is 0. The second-order valence-electron chi connectivity index (χ2n) is 9.23. The first kappa shape index (κ1) is 27.3. The SMILES string of the molecule is CCC(Sc1nc(C)c(Cc2ccc(F)cc2)c(=O)n1C)C(=O)N1CCN(c2ccc([N+](=O)[O-])cc2)CC1. The highest BCUT2D eigenvalue weighted by Gasteiger charge is 2.29. The van der Waals surface area contributed by atoms with Crippen molar-refractivity contribution in [3.63, 3.8) is 0 Å². The smallest absolute Gasteiger partial charge is 0.269 e. The molecule has 9 nitrogen and oxygen atoms in total. The molecule has 1 saturated heterocycles. The lowest BCUT2D eigenvalue weighted by atomic mass is 10.1. The molecule has 1 aromatic heterocycles. The van der Waals surface area contributed by atoms with Gasteiger partial charge in [0.15, 0.2) is 5.16 Å². The molecule has 0 radical (unpaired) electrons. The third-order valence-corrected chi connectivity index (χ3v) is 8.15. The van der Waals surface area contributed by atoms with Crippen LogP contribution in [0.3, 0.4) is 0 Å². The van der Waals surface area contributed by atoms with Crippen molar-refractivity contribution >= 4 is 29.0 Å². The van der Waals surface area contributed by atoms with Crippen molar-refractivity contribution in [1.82, 2.24) is 14.5 Å². The van der Waals surface area contributed by atoms with Crippen molar-refractivity contribution in [2.75, 3.05) is 31.1 Å². The number of amides is 1. The van der Waals surface area contributed by atoms with Crippen LogP contribution in [0.15, 0.2) is 58.5 Å². The van der Waals surface area contributed by atoms with Crippen molar-refractivity contribution in [2.24, 2.45) is 7.05 Å². The summed E-state index contributed by atoms with van der Waals surface area (Å²) >= 11 is 1.30. The van der Waals surface area contributed by atoms with Crippen molar-refractivity contribution in [2.45, 2.75) is 37.1 Å². The molecule has 1 amide bonds. The Labute approximate surface area is 224 Å². The van der Waals surface area contributed by atoms with Crippen molar-refractivity contribution in [3.8, 4) is 0 Å². The third kappa shape index (κ3) is 6.04. The third-order valence-electron chi connectivity index (χ3n) is 6.75. The number of carbonyl (C=O) groups excluding carboxylic acids is 1. The quantitative estimate of drug-likeness (QED) is 0.185. The van der Waals surface area contributed by atoms with Crippen molar-refractivity contribution < 1.29 is 14.1 Å². The number of halogens is 1. The summed E-state index contributed by atoms with van der Waals surface area (Å²) in [4.78, 5) is 45.6. The zero-order chi connectivity index (χ0) is 27.4. The Balaban J connectivity index is 1.42.